The van der Waals surface area contributed by atoms with Gasteiger partial charge in [0.05, 0.1) is 28.8 Å². The molecule has 2 aliphatic heterocycles. The Kier molecular flexibility index (Phi) is 3.18. The molecule has 1 fully saturated rings. The van der Waals surface area contributed by atoms with Gasteiger partial charge in [-0.1, -0.05) is 6.07 Å². The van der Waals surface area contributed by atoms with Gasteiger partial charge >= 0.3 is 7.12 Å². The molecule has 0 bridgehead atoms. The van der Waals surface area contributed by atoms with Gasteiger partial charge in [0.15, 0.2) is 0 Å². The molecule has 0 radical (unpaired) electrons. The van der Waals surface area contributed by atoms with Gasteiger partial charge in [0.25, 0.3) is 0 Å². The lowest BCUT2D eigenvalue weighted by atomic mass is 9.79. The first-order valence-corrected chi connectivity index (χ1v) is 8.30. The second-order valence-electron chi connectivity index (χ2n) is 7.75. The SMILES string of the molecule is CN1CCn2c(nc3ccc(B4OC(C)(C)C(C)(C)O4)cc32)C1. The molecule has 1 aromatic heterocycles. The molecule has 0 unspecified atom stereocenters. The third-order valence-electron chi connectivity index (χ3n) is 5.49. The van der Waals surface area contributed by atoms with E-state index in [4.69, 9.17) is 14.3 Å². The number of likely N-dealkylation sites (N-methyl/N-ethyl adjacent to an activating group) is 1. The molecule has 1 aromatic carbocycles. The Balaban J connectivity index is 1.73. The van der Waals surface area contributed by atoms with E-state index in [2.05, 4.69) is 62.4 Å². The van der Waals surface area contributed by atoms with Crippen molar-refractivity contribution < 1.29 is 9.31 Å². The molecule has 0 N–H and O–H groups in total. The van der Waals surface area contributed by atoms with Gasteiger partial charge in [0, 0.05) is 13.1 Å². The van der Waals surface area contributed by atoms with E-state index in [1.54, 1.807) is 0 Å². The zero-order valence-electron chi connectivity index (χ0n) is 14.6. The summed E-state index contributed by atoms with van der Waals surface area (Å²) in [6.45, 7) is 11.3. The molecule has 0 saturated carbocycles. The maximum atomic E-state index is 6.18. The van der Waals surface area contributed by atoms with Crippen LogP contribution in [0.2, 0.25) is 0 Å². The number of hydrogen-bond acceptors (Lipinski definition) is 4. The largest absolute Gasteiger partial charge is 0.494 e. The molecular formula is C17H24BN3O2. The normalized spacial score (nSPS) is 23.4. The second kappa shape index (κ2) is 4.82. The Hall–Kier alpha value is -1.37. The molecule has 122 valence electrons. The third kappa shape index (κ3) is 2.32. The highest BCUT2D eigenvalue weighted by molar-refractivity contribution is 6.62. The zero-order valence-corrected chi connectivity index (χ0v) is 14.6. The van der Waals surface area contributed by atoms with Crippen LogP contribution in [0.15, 0.2) is 18.2 Å². The van der Waals surface area contributed by atoms with Crippen molar-refractivity contribution in [1.82, 2.24) is 14.5 Å². The highest BCUT2D eigenvalue weighted by Gasteiger charge is 2.51. The van der Waals surface area contributed by atoms with Gasteiger partial charge in [-0.25, -0.2) is 4.98 Å². The predicted octanol–water partition coefficient (Wildman–Crippen LogP) is 1.78. The van der Waals surface area contributed by atoms with E-state index in [0.717, 1.165) is 36.4 Å². The molecule has 23 heavy (non-hydrogen) atoms. The fourth-order valence-corrected chi connectivity index (χ4v) is 3.28. The Labute approximate surface area is 137 Å². The summed E-state index contributed by atoms with van der Waals surface area (Å²) in [6.07, 6.45) is 0. The van der Waals surface area contributed by atoms with Crippen LogP contribution in [0, 0.1) is 0 Å². The summed E-state index contributed by atoms with van der Waals surface area (Å²) < 4.78 is 14.7. The molecule has 2 aromatic rings. The van der Waals surface area contributed by atoms with Gasteiger partial charge in [-0.05, 0) is 52.3 Å². The Morgan fingerprint density at radius 2 is 1.78 bits per heavy atom. The van der Waals surface area contributed by atoms with Crippen LogP contribution < -0.4 is 5.46 Å². The van der Waals surface area contributed by atoms with E-state index in [0.29, 0.717) is 0 Å². The molecular weight excluding hydrogens is 289 g/mol. The minimum absolute atomic E-state index is 0.313. The Morgan fingerprint density at radius 3 is 2.48 bits per heavy atom. The molecule has 5 nitrogen and oxygen atoms in total. The quantitative estimate of drug-likeness (QED) is 0.753. The van der Waals surface area contributed by atoms with E-state index in [1.165, 1.54) is 5.52 Å². The summed E-state index contributed by atoms with van der Waals surface area (Å²) >= 11 is 0. The lowest BCUT2D eigenvalue weighted by Crippen LogP contribution is -2.41. The standard InChI is InChI=1S/C17H24BN3O2/c1-16(2)17(3,4)23-18(22-16)12-6-7-13-14(10-12)21-9-8-20(5)11-15(21)19-13/h6-7,10H,8-9,11H2,1-5H3. The molecule has 0 amide bonds. The van der Waals surface area contributed by atoms with Gasteiger partial charge in [-0.3, -0.25) is 4.90 Å². The molecule has 0 aliphatic carbocycles. The number of benzene rings is 1. The van der Waals surface area contributed by atoms with Crippen LogP contribution in [0.25, 0.3) is 11.0 Å². The highest BCUT2D eigenvalue weighted by Crippen LogP contribution is 2.36. The fraction of sp³-hybridized carbons (Fsp3) is 0.588. The third-order valence-corrected chi connectivity index (χ3v) is 5.49. The summed E-state index contributed by atoms with van der Waals surface area (Å²) in [6, 6.07) is 6.34. The second-order valence-corrected chi connectivity index (χ2v) is 7.75. The summed E-state index contributed by atoms with van der Waals surface area (Å²) in [5.41, 5.74) is 2.67. The molecule has 3 heterocycles. The Morgan fingerprint density at radius 1 is 1.09 bits per heavy atom. The summed E-state index contributed by atoms with van der Waals surface area (Å²) in [5, 5.41) is 0. The first-order chi connectivity index (χ1) is 10.8. The van der Waals surface area contributed by atoms with Crippen molar-refractivity contribution in [2.24, 2.45) is 0 Å². The smallest absolute Gasteiger partial charge is 0.399 e. The predicted molar refractivity (Wildman–Crippen MR) is 91.8 cm³/mol. The van der Waals surface area contributed by atoms with Gasteiger partial charge in [0.1, 0.15) is 5.82 Å². The van der Waals surface area contributed by atoms with Crippen LogP contribution >= 0.6 is 0 Å². The number of aromatic nitrogens is 2. The topological polar surface area (TPSA) is 39.5 Å². The summed E-state index contributed by atoms with van der Waals surface area (Å²) in [5.74, 6) is 1.14. The maximum Gasteiger partial charge on any atom is 0.494 e. The van der Waals surface area contributed by atoms with Crippen LogP contribution in [-0.2, 0) is 22.4 Å². The van der Waals surface area contributed by atoms with Crippen molar-refractivity contribution in [3.63, 3.8) is 0 Å². The zero-order chi connectivity index (χ0) is 16.4. The van der Waals surface area contributed by atoms with E-state index in [1.807, 2.05) is 0 Å². The first-order valence-electron chi connectivity index (χ1n) is 8.30. The van der Waals surface area contributed by atoms with E-state index in [-0.39, 0.29) is 18.3 Å². The van der Waals surface area contributed by atoms with Crippen molar-refractivity contribution in [3.8, 4) is 0 Å². The minimum Gasteiger partial charge on any atom is -0.399 e. The molecule has 1 saturated heterocycles. The summed E-state index contributed by atoms with van der Waals surface area (Å²) in [4.78, 5) is 7.07. The van der Waals surface area contributed by atoms with Crippen molar-refractivity contribution in [2.45, 2.75) is 52.0 Å². The lowest BCUT2D eigenvalue weighted by molar-refractivity contribution is 0.00578. The van der Waals surface area contributed by atoms with Crippen molar-refractivity contribution in [3.05, 3.63) is 24.0 Å². The lowest BCUT2D eigenvalue weighted by Gasteiger charge is -2.32. The Bertz CT molecular complexity index is 753. The molecule has 4 rings (SSSR count). The van der Waals surface area contributed by atoms with Gasteiger partial charge in [-0.15, -0.1) is 0 Å². The number of nitrogens with zero attached hydrogens (tertiary/aromatic N) is 3. The summed E-state index contributed by atoms with van der Waals surface area (Å²) in [7, 11) is 1.82. The van der Waals surface area contributed by atoms with Crippen molar-refractivity contribution in [1.29, 1.82) is 0 Å². The molecule has 6 heteroatoms. The fourth-order valence-electron chi connectivity index (χ4n) is 3.28. The average Bonchev–Trinajstić information content (AvgIpc) is 2.91. The number of hydrogen-bond donors (Lipinski definition) is 0. The number of rotatable bonds is 1. The van der Waals surface area contributed by atoms with Crippen LogP contribution in [-0.4, -0.2) is 46.4 Å². The first kappa shape index (κ1) is 15.2. The van der Waals surface area contributed by atoms with Gasteiger partial charge in [-0.2, -0.15) is 0 Å². The van der Waals surface area contributed by atoms with E-state index < -0.39 is 0 Å². The van der Waals surface area contributed by atoms with Gasteiger partial charge < -0.3 is 13.9 Å². The molecule has 2 aliphatic rings. The molecule has 0 atom stereocenters. The van der Waals surface area contributed by atoms with Crippen LogP contribution in [0.3, 0.4) is 0 Å². The van der Waals surface area contributed by atoms with Gasteiger partial charge in [0.2, 0.25) is 0 Å². The van der Waals surface area contributed by atoms with E-state index in [9.17, 15) is 0 Å². The number of imidazole rings is 1. The number of fused-ring (bicyclic) bond motifs is 3. The monoisotopic (exact) mass is 313 g/mol. The van der Waals surface area contributed by atoms with E-state index >= 15 is 0 Å². The maximum absolute atomic E-state index is 6.18. The van der Waals surface area contributed by atoms with Crippen LogP contribution in [0.5, 0.6) is 0 Å². The highest BCUT2D eigenvalue weighted by atomic mass is 16.7. The van der Waals surface area contributed by atoms with Crippen LogP contribution in [0.4, 0.5) is 0 Å². The molecule has 0 spiro atoms. The van der Waals surface area contributed by atoms with Crippen molar-refractivity contribution in [2.75, 3.05) is 13.6 Å². The minimum atomic E-state index is -0.318. The van der Waals surface area contributed by atoms with Crippen molar-refractivity contribution >= 4 is 23.6 Å². The van der Waals surface area contributed by atoms with Crippen LogP contribution in [0.1, 0.15) is 33.5 Å². The average molecular weight is 313 g/mol.